The van der Waals surface area contributed by atoms with Crippen molar-refractivity contribution in [3.8, 4) is 0 Å². The van der Waals surface area contributed by atoms with Crippen molar-refractivity contribution in [3.63, 3.8) is 0 Å². The molecule has 0 aromatic rings. The number of hydrogen-bond acceptors (Lipinski definition) is 4. The predicted octanol–water partition coefficient (Wildman–Crippen LogP) is 2.73. The summed E-state index contributed by atoms with van der Waals surface area (Å²) in [6, 6.07) is 0. The van der Waals surface area contributed by atoms with Gasteiger partial charge in [-0.3, -0.25) is 4.90 Å². The van der Waals surface area contributed by atoms with Gasteiger partial charge in [-0.05, 0) is 34.1 Å². The molecular formula is C13H26N2O4. The fraction of sp³-hybridized carbons (Fsp3) is 0.846. The van der Waals surface area contributed by atoms with Crippen LogP contribution in [0.1, 0.15) is 47.5 Å². The van der Waals surface area contributed by atoms with E-state index >= 15 is 0 Å². The van der Waals surface area contributed by atoms with Gasteiger partial charge in [0.1, 0.15) is 5.60 Å². The maximum Gasteiger partial charge on any atom is 0.411 e. The molecule has 0 aromatic heterocycles. The van der Waals surface area contributed by atoms with E-state index in [2.05, 4.69) is 5.32 Å². The molecule has 112 valence electrons. The molecule has 6 heteroatoms. The van der Waals surface area contributed by atoms with Gasteiger partial charge >= 0.3 is 12.2 Å². The summed E-state index contributed by atoms with van der Waals surface area (Å²) in [6.45, 7) is 10.1. The van der Waals surface area contributed by atoms with Crippen molar-refractivity contribution in [1.82, 2.24) is 10.2 Å². The Bertz CT molecular complexity index is 287. The van der Waals surface area contributed by atoms with Crippen molar-refractivity contribution in [2.24, 2.45) is 0 Å². The van der Waals surface area contributed by atoms with Crippen LogP contribution in [0.5, 0.6) is 0 Å². The number of nitrogens with one attached hydrogen (secondary N) is 1. The summed E-state index contributed by atoms with van der Waals surface area (Å²) < 4.78 is 10.0. The molecular weight excluding hydrogens is 248 g/mol. The summed E-state index contributed by atoms with van der Waals surface area (Å²) in [6.07, 6.45) is 0.841. The number of unbranched alkanes of at least 4 members (excludes halogenated alkanes) is 1. The van der Waals surface area contributed by atoms with Crippen LogP contribution < -0.4 is 5.32 Å². The molecule has 0 aromatic carbocycles. The monoisotopic (exact) mass is 274 g/mol. The molecule has 0 bridgehead atoms. The van der Waals surface area contributed by atoms with Crippen LogP contribution in [0.15, 0.2) is 0 Å². The molecule has 0 spiro atoms. The third-order valence-electron chi connectivity index (χ3n) is 2.12. The van der Waals surface area contributed by atoms with E-state index in [9.17, 15) is 9.59 Å². The van der Waals surface area contributed by atoms with E-state index in [1.165, 1.54) is 4.90 Å². The van der Waals surface area contributed by atoms with Crippen LogP contribution in [0.3, 0.4) is 0 Å². The maximum atomic E-state index is 11.9. The first-order valence-corrected chi connectivity index (χ1v) is 6.68. The van der Waals surface area contributed by atoms with Gasteiger partial charge in [-0.1, -0.05) is 13.3 Å². The lowest BCUT2D eigenvalue weighted by molar-refractivity contribution is 0.0232. The minimum Gasteiger partial charge on any atom is -0.450 e. The highest BCUT2D eigenvalue weighted by atomic mass is 16.6. The smallest absolute Gasteiger partial charge is 0.411 e. The third kappa shape index (κ3) is 9.16. The zero-order valence-electron chi connectivity index (χ0n) is 12.6. The second-order valence-electron chi connectivity index (χ2n) is 5.15. The number of amides is 2. The molecule has 0 radical (unpaired) electrons. The summed E-state index contributed by atoms with van der Waals surface area (Å²) in [4.78, 5) is 24.6. The molecule has 0 unspecified atom stereocenters. The number of carbonyl (C=O) groups excluding carboxylic acids is 2. The van der Waals surface area contributed by atoms with Gasteiger partial charge in [0.2, 0.25) is 0 Å². The first-order chi connectivity index (χ1) is 8.80. The van der Waals surface area contributed by atoms with E-state index in [0.29, 0.717) is 13.2 Å². The van der Waals surface area contributed by atoms with Gasteiger partial charge in [0.05, 0.1) is 13.3 Å². The van der Waals surface area contributed by atoms with E-state index < -0.39 is 17.8 Å². The van der Waals surface area contributed by atoms with Gasteiger partial charge < -0.3 is 14.8 Å². The Morgan fingerprint density at radius 2 is 1.84 bits per heavy atom. The first-order valence-electron chi connectivity index (χ1n) is 6.68. The van der Waals surface area contributed by atoms with Crippen molar-refractivity contribution in [1.29, 1.82) is 0 Å². The van der Waals surface area contributed by atoms with Crippen molar-refractivity contribution in [2.45, 2.75) is 53.1 Å². The topological polar surface area (TPSA) is 67.9 Å². The van der Waals surface area contributed by atoms with E-state index in [-0.39, 0.29) is 6.67 Å². The Kier molecular flexibility index (Phi) is 7.95. The van der Waals surface area contributed by atoms with Gasteiger partial charge in [-0.25, -0.2) is 9.59 Å². The van der Waals surface area contributed by atoms with Crippen LogP contribution in [0.2, 0.25) is 0 Å². The maximum absolute atomic E-state index is 11.9. The second-order valence-corrected chi connectivity index (χ2v) is 5.15. The third-order valence-corrected chi connectivity index (χ3v) is 2.12. The van der Waals surface area contributed by atoms with Crippen molar-refractivity contribution >= 4 is 12.2 Å². The minimum absolute atomic E-state index is 0.0910. The van der Waals surface area contributed by atoms with E-state index in [1.54, 1.807) is 6.92 Å². The number of nitrogens with zero attached hydrogens (tertiary/aromatic N) is 1. The number of hydrogen-bond donors (Lipinski definition) is 1. The quantitative estimate of drug-likeness (QED) is 0.756. The number of carbonyl (C=O) groups is 2. The van der Waals surface area contributed by atoms with Crippen LogP contribution in [-0.4, -0.2) is 42.5 Å². The lowest BCUT2D eigenvalue weighted by Crippen LogP contribution is -2.44. The van der Waals surface area contributed by atoms with Gasteiger partial charge in [0, 0.05) is 6.54 Å². The molecule has 0 aliphatic rings. The summed E-state index contributed by atoms with van der Waals surface area (Å²) in [7, 11) is 0. The van der Waals surface area contributed by atoms with Gasteiger partial charge in [-0.15, -0.1) is 0 Å². The van der Waals surface area contributed by atoms with Crippen LogP contribution in [0, 0.1) is 0 Å². The lowest BCUT2D eigenvalue weighted by atomic mass is 10.2. The number of ether oxygens (including phenoxy) is 2. The molecule has 0 aliphatic heterocycles. The van der Waals surface area contributed by atoms with Crippen LogP contribution in [-0.2, 0) is 9.47 Å². The zero-order valence-corrected chi connectivity index (χ0v) is 12.6. The fourth-order valence-corrected chi connectivity index (χ4v) is 1.25. The van der Waals surface area contributed by atoms with Gasteiger partial charge in [-0.2, -0.15) is 0 Å². The van der Waals surface area contributed by atoms with Crippen LogP contribution in [0.25, 0.3) is 0 Å². The Morgan fingerprint density at radius 3 is 2.32 bits per heavy atom. The van der Waals surface area contributed by atoms with Gasteiger partial charge in [0.15, 0.2) is 0 Å². The zero-order chi connectivity index (χ0) is 14.9. The highest BCUT2D eigenvalue weighted by Crippen LogP contribution is 2.10. The highest BCUT2D eigenvalue weighted by Gasteiger charge is 2.22. The average Bonchev–Trinajstić information content (AvgIpc) is 2.27. The molecule has 19 heavy (non-hydrogen) atoms. The second kappa shape index (κ2) is 8.61. The standard InChI is InChI=1S/C13H26N2O4/c1-6-8-9-15(10-14-11(16)18-7-2)12(17)19-13(3,4)5/h6-10H2,1-5H3,(H,14,16). The first kappa shape index (κ1) is 17.5. The summed E-state index contributed by atoms with van der Waals surface area (Å²) in [5, 5.41) is 2.52. The Morgan fingerprint density at radius 1 is 1.21 bits per heavy atom. The van der Waals surface area contributed by atoms with E-state index in [0.717, 1.165) is 12.8 Å². The number of alkyl carbamates (subject to hydrolysis) is 1. The van der Waals surface area contributed by atoms with Crippen molar-refractivity contribution < 1.29 is 19.1 Å². The molecule has 0 fully saturated rings. The molecule has 0 saturated carbocycles. The average molecular weight is 274 g/mol. The Labute approximate surface area is 115 Å². The largest absolute Gasteiger partial charge is 0.450 e. The Hall–Kier alpha value is -1.46. The van der Waals surface area contributed by atoms with Crippen molar-refractivity contribution in [3.05, 3.63) is 0 Å². The molecule has 0 aliphatic carbocycles. The molecule has 0 heterocycles. The normalized spacial score (nSPS) is 10.8. The summed E-state index contributed by atoms with van der Waals surface area (Å²) in [5.41, 5.74) is -0.550. The minimum atomic E-state index is -0.550. The predicted molar refractivity (Wildman–Crippen MR) is 72.9 cm³/mol. The molecule has 0 atom stereocenters. The summed E-state index contributed by atoms with van der Waals surface area (Å²) >= 11 is 0. The van der Waals surface area contributed by atoms with Crippen LogP contribution in [0.4, 0.5) is 9.59 Å². The lowest BCUT2D eigenvalue weighted by Gasteiger charge is -2.27. The molecule has 0 rings (SSSR count). The molecule has 6 nitrogen and oxygen atoms in total. The Balaban J connectivity index is 4.36. The molecule has 2 amide bonds. The SMILES string of the molecule is CCCCN(CNC(=O)OCC)C(=O)OC(C)(C)C. The van der Waals surface area contributed by atoms with Gasteiger partial charge in [0.25, 0.3) is 0 Å². The highest BCUT2D eigenvalue weighted by molar-refractivity contribution is 5.70. The van der Waals surface area contributed by atoms with E-state index in [4.69, 9.17) is 9.47 Å². The fourth-order valence-electron chi connectivity index (χ4n) is 1.25. The van der Waals surface area contributed by atoms with Crippen LogP contribution >= 0.6 is 0 Å². The summed E-state index contributed by atoms with van der Waals surface area (Å²) in [5.74, 6) is 0. The number of rotatable bonds is 6. The molecule has 1 N–H and O–H groups in total. The van der Waals surface area contributed by atoms with E-state index in [1.807, 2.05) is 27.7 Å². The van der Waals surface area contributed by atoms with Crippen molar-refractivity contribution in [2.75, 3.05) is 19.8 Å². The molecule has 0 saturated heterocycles.